The van der Waals surface area contributed by atoms with Gasteiger partial charge in [0.05, 0.1) is 51.4 Å². The van der Waals surface area contributed by atoms with Crippen molar-refractivity contribution in [1.82, 2.24) is 14.7 Å². The molecule has 2 N–H and O–H groups in total. The van der Waals surface area contributed by atoms with Crippen LogP contribution in [0, 0.1) is 66.5 Å². The molecule has 0 spiro atoms. The molecule has 5 aliphatic rings. The minimum Gasteiger partial charge on any atom is -0.481 e. The zero-order chi connectivity index (χ0) is 76.1. The second-order valence-corrected chi connectivity index (χ2v) is 36.2. The van der Waals surface area contributed by atoms with Gasteiger partial charge >= 0.3 is 5.97 Å². The van der Waals surface area contributed by atoms with E-state index >= 15 is 0 Å². The van der Waals surface area contributed by atoms with Crippen LogP contribution >= 0.6 is 0 Å². The summed E-state index contributed by atoms with van der Waals surface area (Å²) < 4.78 is 27.6. The van der Waals surface area contributed by atoms with Crippen molar-refractivity contribution in [2.24, 2.45) is 66.5 Å². The van der Waals surface area contributed by atoms with Crippen LogP contribution in [-0.2, 0) is 19.0 Å². The normalized spacial score (nSPS) is 18.4. The number of ether oxygens (including phenoxy) is 3. The first-order valence-electron chi connectivity index (χ1n) is 35.7. The number of allylic oxidation sites excluding steroid dienone is 11. The molecule has 0 aromatic carbocycles. The fourth-order valence-corrected chi connectivity index (χ4v) is 7.27. The van der Waals surface area contributed by atoms with E-state index in [4.69, 9.17) is 24.4 Å². The van der Waals surface area contributed by atoms with Crippen molar-refractivity contribution < 1.29 is 33.6 Å². The van der Waals surface area contributed by atoms with Gasteiger partial charge in [-0.15, -0.1) is 6.58 Å². The minimum atomic E-state index is -0.649. The number of hydrogen-bond acceptors (Lipinski definition) is 8. The summed E-state index contributed by atoms with van der Waals surface area (Å²) >= 11 is 0. The van der Waals surface area contributed by atoms with Crippen LogP contribution in [0.2, 0.25) is 0 Å². The number of hydrogen-bond donors (Lipinski definition) is 2. The molecule has 10 heteroatoms. The van der Waals surface area contributed by atoms with Crippen LogP contribution in [0.4, 0.5) is 4.39 Å². The van der Waals surface area contributed by atoms with Crippen molar-refractivity contribution in [1.29, 1.82) is 0 Å². The average molecular weight is 1340 g/mol. The van der Waals surface area contributed by atoms with Gasteiger partial charge in [0.1, 0.15) is 0 Å². The first-order valence-corrected chi connectivity index (χ1v) is 35.7. The summed E-state index contributed by atoms with van der Waals surface area (Å²) in [5, 5.41) is 17.5. The quantitative estimate of drug-likeness (QED) is 0.185. The highest BCUT2D eigenvalue weighted by atomic mass is 19.1. The number of aliphatic hydroxyl groups is 1. The third kappa shape index (κ3) is 79.4. The lowest BCUT2D eigenvalue weighted by Gasteiger charge is -2.52. The maximum absolute atomic E-state index is 12.0. The van der Waals surface area contributed by atoms with E-state index in [9.17, 15) is 9.18 Å². The summed E-state index contributed by atoms with van der Waals surface area (Å²) in [6.45, 7) is 95.9. The molecular formula is C85H162FN3O6. The Morgan fingerprint density at radius 1 is 0.579 bits per heavy atom. The van der Waals surface area contributed by atoms with Gasteiger partial charge in [0, 0.05) is 63.9 Å². The zero-order valence-corrected chi connectivity index (χ0v) is 69.3. The van der Waals surface area contributed by atoms with E-state index in [-0.39, 0.29) is 34.6 Å². The van der Waals surface area contributed by atoms with Crippen molar-refractivity contribution in [3.8, 4) is 0 Å². The first kappa shape index (κ1) is 103. The van der Waals surface area contributed by atoms with Crippen LogP contribution < -0.4 is 0 Å². The number of rotatable bonds is 12. The summed E-state index contributed by atoms with van der Waals surface area (Å²) in [6, 6.07) is 1.41. The second kappa shape index (κ2) is 51.6. The first-order chi connectivity index (χ1) is 42.7. The van der Waals surface area contributed by atoms with Crippen LogP contribution in [0.25, 0.3) is 0 Å². The van der Waals surface area contributed by atoms with E-state index in [0.29, 0.717) is 63.0 Å². The van der Waals surface area contributed by atoms with Gasteiger partial charge in [-0.05, 0) is 100 Å². The van der Waals surface area contributed by atoms with Gasteiger partial charge in [-0.3, -0.25) is 19.5 Å². The third-order valence-corrected chi connectivity index (χ3v) is 14.1. The fraction of sp³-hybridized carbons (Fsp3) is 0.753. The number of aliphatic hydroxyl groups excluding tert-OH is 1. The molecule has 5 fully saturated rings. The molecule has 0 radical (unpaired) electrons. The van der Waals surface area contributed by atoms with Crippen molar-refractivity contribution in [3.05, 3.63) is 122 Å². The van der Waals surface area contributed by atoms with E-state index < -0.39 is 5.97 Å². The number of carbonyl (C=O) groups is 1. The van der Waals surface area contributed by atoms with Gasteiger partial charge in [0.25, 0.3) is 0 Å². The van der Waals surface area contributed by atoms with Crippen LogP contribution in [0.1, 0.15) is 248 Å². The topological polar surface area (TPSA) is 94.9 Å². The predicted molar refractivity (Wildman–Crippen MR) is 422 cm³/mol. The Morgan fingerprint density at radius 2 is 0.947 bits per heavy atom. The summed E-state index contributed by atoms with van der Waals surface area (Å²) in [4.78, 5) is 18.1. The predicted octanol–water partition coefficient (Wildman–Crippen LogP) is 23.0. The second-order valence-electron chi connectivity index (χ2n) is 36.2. The maximum atomic E-state index is 12.0. The van der Waals surface area contributed by atoms with Crippen molar-refractivity contribution in [3.63, 3.8) is 0 Å². The lowest BCUT2D eigenvalue weighted by Crippen LogP contribution is -2.63. The van der Waals surface area contributed by atoms with Crippen molar-refractivity contribution >= 4 is 5.97 Å². The van der Waals surface area contributed by atoms with E-state index in [1.807, 2.05) is 46.8 Å². The molecule has 0 aliphatic carbocycles. The summed E-state index contributed by atoms with van der Waals surface area (Å²) in [6.07, 6.45) is 31.6. The van der Waals surface area contributed by atoms with E-state index in [1.54, 1.807) is 27.9 Å². The minimum absolute atomic E-state index is 0.0642. The third-order valence-electron chi connectivity index (χ3n) is 14.1. The Balaban J connectivity index is -0.000000236. The number of aliphatic carboxylic acids is 1. The largest absolute Gasteiger partial charge is 0.481 e. The average Bonchev–Trinajstić information content (AvgIpc) is 0.793. The smallest absolute Gasteiger partial charge is 0.307 e. The highest BCUT2D eigenvalue weighted by Crippen LogP contribution is 2.31. The van der Waals surface area contributed by atoms with Crippen LogP contribution in [0.15, 0.2) is 122 Å². The van der Waals surface area contributed by atoms with Crippen LogP contribution in [-0.4, -0.2) is 136 Å². The van der Waals surface area contributed by atoms with Crippen LogP contribution in [0.3, 0.4) is 0 Å². The summed E-state index contributed by atoms with van der Waals surface area (Å²) in [7, 11) is 1.70. The number of carboxylic acid groups (broad SMARTS) is 1. The molecular weight excluding hydrogens is 1180 g/mol. The molecule has 5 heterocycles. The van der Waals surface area contributed by atoms with Gasteiger partial charge in [-0.2, -0.15) is 0 Å². The number of methoxy groups -OCH3 is 1. The Morgan fingerprint density at radius 3 is 1.20 bits per heavy atom. The van der Waals surface area contributed by atoms with Gasteiger partial charge in [-0.25, -0.2) is 4.39 Å². The molecule has 0 aromatic heterocycles. The fourth-order valence-electron chi connectivity index (χ4n) is 7.27. The van der Waals surface area contributed by atoms with E-state index in [0.717, 1.165) is 90.7 Å². The SMILES string of the molecule is C/C=C/C(C)(C)C.C=C(C)C(C)C.C=C(CO)C(C)(C)C.C=C(F)C(C)(C)C.C=CC(C)(C)C.CC(C)(C)/C=C/CN1C2COCC1C2.CC(C)(C)/C=C/CN1CCCC(C(=O)O)C1.CC(C)(C)/C=C/CN1CCOCC1.CC(C)/C=C/C(C)(C)C.COC/C=C/C(C)(C)C. The Labute approximate surface area is 592 Å². The molecule has 0 saturated carbocycles. The highest BCUT2D eigenvalue weighted by Gasteiger charge is 2.41. The summed E-state index contributed by atoms with van der Waals surface area (Å²) in [5.41, 5.74) is 4.00. The molecule has 0 amide bonds. The Bertz CT molecular complexity index is 2150. The van der Waals surface area contributed by atoms with Gasteiger partial charge in [-0.1, -0.05) is 319 Å². The van der Waals surface area contributed by atoms with Gasteiger partial charge in [0.2, 0.25) is 0 Å². The molecule has 5 aliphatic heterocycles. The molecule has 9 nitrogen and oxygen atoms in total. The van der Waals surface area contributed by atoms with E-state index in [1.165, 1.54) is 12.0 Å². The molecule has 3 atom stereocenters. The molecule has 560 valence electrons. The Kier molecular flexibility index (Phi) is 55.7. The number of fused-ring (bicyclic) bond motifs is 2. The van der Waals surface area contributed by atoms with Crippen LogP contribution in [0.5, 0.6) is 0 Å². The molecule has 2 bridgehead atoms. The standard InChI is InChI=1S/C13H23NO2.C12H21NO.C11H21NO.C9H18.C8H16O.C7H14O.C7H14.C6H11F.2C6H12/c1-13(2,3)7-5-9-14-8-4-6-11(10-14)12(15)16;1-12(2,3)5-4-6-13-10-7-11(13)9-14-8-10;1-11(2,3)5-4-6-12-7-9-13-10-8-12;1-8(2)6-7-9(3,4)5;1-8(2,3)6-5-7-9-4;1-6(5-8)7(2,3)4;1-5-6-7(2,3)4;1-5(7)6(2,3)4;1-5-6(2,3)4;1-5(2)6(3)4/h5,7,11H,4,6,8-10H2,1-3H3,(H,15,16);4-5,10-11H,6-9H2,1-3H3;4-5H,6-10H2,1-3H3;6-8H,1-5H3;5-6H,7H2,1-4H3;8H,1,5H2,2-4H3;5-6H,1-4H3;1H2,2-4H3;5H,1H2,2-4H3;6H,1H2,2-4H3/b7-5+;2*5-4+;7-6+;6-5+;;6-5+;;;. The lowest BCUT2D eigenvalue weighted by molar-refractivity contribution is -0.143. The van der Waals surface area contributed by atoms with Crippen molar-refractivity contribution in [2.75, 3.05) is 92.6 Å². The Hall–Kier alpha value is -3.48. The molecule has 3 unspecified atom stereocenters. The number of halogens is 1. The number of morpholine rings is 2. The van der Waals surface area contributed by atoms with Gasteiger partial charge < -0.3 is 24.4 Å². The number of likely N-dealkylation sites (tertiary alicyclic amines) is 1. The number of carboxylic acids is 1. The van der Waals surface area contributed by atoms with Crippen molar-refractivity contribution in [2.45, 2.75) is 260 Å². The zero-order valence-electron chi connectivity index (χ0n) is 69.3. The highest BCUT2D eigenvalue weighted by molar-refractivity contribution is 5.70. The molecule has 5 rings (SSSR count). The number of nitrogens with zero attached hydrogens (tertiary/aromatic N) is 3. The number of piperidine rings is 1. The molecule has 0 aromatic rings. The monoisotopic (exact) mass is 1340 g/mol. The summed E-state index contributed by atoms with van der Waals surface area (Å²) in [5.74, 6) is 0.267. The van der Waals surface area contributed by atoms with E-state index in [2.05, 4.69) is 281 Å². The molecule has 5 saturated heterocycles. The lowest BCUT2D eigenvalue weighted by atomic mass is 9.88. The van der Waals surface area contributed by atoms with Gasteiger partial charge in [0.15, 0.2) is 0 Å². The maximum Gasteiger partial charge on any atom is 0.307 e. The molecule has 95 heavy (non-hydrogen) atoms.